The molecule has 4 heteroatoms. The van der Waals surface area contributed by atoms with Crippen LogP contribution in [0.25, 0.3) is 11.0 Å². The lowest BCUT2D eigenvalue weighted by atomic mass is 9.94. The van der Waals surface area contributed by atoms with Crippen LogP contribution < -0.4 is 4.90 Å². The van der Waals surface area contributed by atoms with E-state index in [0.29, 0.717) is 0 Å². The fourth-order valence-corrected chi connectivity index (χ4v) is 2.33. The van der Waals surface area contributed by atoms with Crippen LogP contribution in [0.5, 0.6) is 0 Å². The fraction of sp³-hybridized carbons (Fsp3) is 0.462. The van der Waals surface area contributed by atoms with Gasteiger partial charge in [0.1, 0.15) is 11.4 Å². The van der Waals surface area contributed by atoms with Crippen molar-refractivity contribution < 1.29 is 9.52 Å². The van der Waals surface area contributed by atoms with Gasteiger partial charge < -0.3 is 14.4 Å². The summed E-state index contributed by atoms with van der Waals surface area (Å²) in [7, 11) is 0. The third-order valence-corrected chi connectivity index (χ3v) is 3.50. The SMILES string of the molecule is CC1(O)CCN(c2nccc3occc23)CC1. The maximum Gasteiger partial charge on any atom is 0.139 e. The number of furan rings is 1. The average Bonchev–Trinajstić information content (AvgIpc) is 2.77. The predicted molar refractivity (Wildman–Crippen MR) is 66.1 cm³/mol. The molecule has 1 aliphatic rings. The van der Waals surface area contributed by atoms with E-state index in [0.717, 1.165) is 42.7 Å². The zero-order valence-electron chi connectivity index (χ0n) is 9.89. The molecular weight excluding hydrogens is 216 g/mol. The van der Waals surface area contributed by atoms with Gasteiger partial charge in [-0.1, -0.05) is 0 Å². The first-order chi connectivity index (χ1) is 8.16. The van der Waals surface area contributed by atoms with E-state index in [1.165, 1.54) is 0 Å². The zero-order valence-corrected chi connectivity index (χ0v) is 9.89. The molecule has 3 heterocycles. The largest absolute Gasteiger partial charge is 0.464 e. The molecule has 2 aromatic rings. The highest BCUT2D eigenvalue weighted by atomic mass is 16.3. The minimum absolute atomic E-state index is 0.527. The first kappa shape index (κ1) is 10.6. The second-order valence-electron chi connectivity index (χ2n) is 4.95. The third-order valence-electron chi connectivity index (χ3n) is 3.50. The van der Waals surface area contributed by atoms with Gasteiger partial charge in [-0.15, -0.1) is 0 Å². The number of piperidine rings is 1. The number of aliphatic hydroxyl groups is 1. The number of nitrogens with zero attached hydrogens (tertiary/aromatic N) is 2. The second-order valence-corrected chi connectivity index (χ2v) is 4.95. The molecule has 0 amide bonds. The Morgan fingerprint density at radius 1 is 1.35 bits per heavy atom. The summed E-state index contributed by atoms with van der Waals surface area (Å²) in [4.78, 5) is 6.65. The lowest BCUT2D eigenvalue weighted by Gasteiger charge is -2.36. The van der Waals surface area contributed by atoms with Crippen LogP contribution in [0.2, 0.25) is 0 Å². The lowest BCUT2D eigenvalue weighted by Crippen LogP contribution is -2.42. The smallest absolute Gasteiger partial charge is 0.139 e. The van der Waals surface area contributed by atoms with Crippen molar-refractivity contribution in [1.82, 2.24) is 4.98 Å². The fourth-order valence-electron chi connectivity index (χ4n) is 2.33. The number of fused-ring (bicyclic) bond motifs is 1. The van der Waals surface area contributed by atoms with Crippen molar-refractivity contribution in [3.8, 4) is 0 Å². The van der Waals surface area contributed by atoms with Gasteiger partial charge in [0.25, 0.3) is 0 Å². The first-order valence-electron chi connectivity index (χ1n) is 5.95. The lowest BCUT2D eigenvalue weighted by molar-refractivity contribution is 0.0350. The molecule has 17 heavy (non-hydrogen) atoms. The van der Waals surface area contributed by atoms with Crippen molar-refractivity contribution >= 4 is 16.8 Å². The highest BCUT2D eigenvalue weighted by Crippen LogP contribution is 2.29. The van der Waals surface area contributed by atoms with Gasteiger partial charge >= 0.3 is 0 Å². The van der Waals surface area contributed by atoms with Crippen molar-refractivity contribution in [1.29, 1.82) is 0 Å². The Balaban J connectivity index is 1.92. The highest BCUT2D eigenvalue weighted by Gasteiger charge is 2.28. The summed E-state index contributed by atoms with van der Waals surface area (Å²) in [5, 5.41) is 11.0. The molecule has 0 aromatic carbocycles. The minimum Gasteiger partial charge on any atom is -0.464 e. The van der Waals surface area contributed by atoms with Gasteiger partial charge in [0.05, 0.1) is 17.3 Å². The molecule has 0 aliphatic carbocycles. The quantitative estimate of drug-likeness (QED) is 0.818. The average molecular weight is 232 g/mol. The van der Waals surface area contributed by atoms with Crippen LogP contribution in [0.3, 0.4) is 0 Å². The molecule has 0 bridgehead atoms. The molecule has 1 fully saturated rings. The molecule has 3 rings (SSSR count). The van der Waals surface area contributed by atoms with Crippen molar-refractivity contribution in [2.75, 3.05) is 18.0 Å². The molecule has 1 N–H and O–H groups in total. The summed E-state index contributed by atoms with van der Waals surface area (Å²) < 4.78 is 5.37. The van der Waals surface area contributed by atoms with Crippen LogP contribution in [0, 0.1) is 0 Å². The Morgan fingerprint density at radius 2 is 2.12 bits per heavy atom. The Morgan fingerprint density at radius 3 is 2.88 bits per heavy atom. The number of rotatable bonds is 1. The number of pyridine rings is 1. The monoisotopic (exact) mass is 232 g/mol. The number of hydrogen-bond acceptors (Lipinski definition) is 4. The zero-order chi connectivity index (χ0) is 11.9. The van der Waals surface area contributed by atoms with E-state index >= 15 is 0 Å². The minimum atomic E-state index is -0.527. The van der Waals surface area contributed by atoms with Gasteiger partial charge in [-0.2, -0.15) is 0 Å². The Hall–Kier alpha value is -1.55. The summed E-state index contributed by atoms with van der Waals surface area (Å²) in [6.45, 7) is 3.57. The van der Waals surface area contributed by atoms with E-state index in [9.17, 15) is 5.11 Å². The van der Waals surface area contributed by atoms with Gasteiger partial charge in [-0.25, -0.2) is 4.98 Å². The molecular formula is C13H16N2O2. The van der Waals surface area contributed by atoms with Crippen LogP contribution in [0.4, 0.5) is 5.82 Å². The predicted octanol–water partition coefficient (Wildman–Crippen LogP) is 2.18. The molecule has 0 saturated carbocycles. The summed E-state index contributed by atoms with van der Waals surface area (Å²) in [5.41, 5.74) is 0.341. The normalized spacial score (nSPS) is 19.8. The van der Waals surface area contributed by atoms with Gasteiger partial charge in [0, 0.05) is 19.3 Å². The maximum absolute atomic E-state index is 9.95. The molecule has 0 radical (unpaired) electrons. The van der Waals surface area contributed by atoms with E-state index in [-0.39, 0.29) is 0 Å². The van der Waals surface area contributed by atoms with Crippen molar-refractivity contribution in [2.24, 2.45) is 0 Å². The standard InChI is InChI=1S/C13H16N2O2/c1-13(16)4-7-15(8-5-13)12-10-3-9-17-11(10)2-6-14-12/h2-3,6,9,16H,4-5,7-8H2,1H3. The summed E-state index contributed by atoms with van der Waals surface area (Å²) in [5.74, 6) is 0.965. The van der Waals surface area contributed by atoms with Gasteiger partial charge in [0.15, 0.2) is 0 Å². The molecule has 0 spiro atoms. The molecule has 90 valence electrons. The van der Waals surface area contributed by atoms with Crippen LogP contribution in [-0.2, 0) is 0 Å². The molecule has 0 atom stereocenters. The molecule has 1 aliphatic heterocycles. The Bertz CT molecular complexity index is 523. The van der Waals surface area contributed by atoms with Gasteiger partial charge in [0.2, 0.25) is 0 Å². The van der Waals surface area contributed by atoms with Crippen molar-refractivity contribution in [3.63, 3.8) is 0 Å². The number of hydrogen-bond donors (Lipinski definition) is 1. The summed E-state index contributed by atoms with van der Waals surface area (Å²) in [6, 6.07) is 3.82. The number of anilines is 1. The van der Waals surface area contributed by atoms with Gasteiger partial charge in [-0.05, 0) is 31.9 Å². The third kappa shape index (κ3) is 1.89. The van der Waals surface area contributed by atoms with E-state index in [2.05, 4.69) is 9.88 Å². The topological polar surface area (TPSA) is 49.5 Å². The van der Waals surface area contributed by atoms with Crippen LogP contribution in [0.15, 0.2) is 29.0 Å². The highest BCUT2D eigenvalue weighted by molar-refractivity contribution is 5.88. The molecule has 4 nitrogen and oxygen atoms in total. The maximum atomic E-state index is 9.95. The molecule has 2 aromatic heterocycles. The molecule has 0 unspecified atom stereocenters. The molecule has 1 saturated heterocycles. The Kier molecular flexibility index (Phi) is 2.33. The summed E-state index contributed by atoms with van der Waals surface area (Å²) in [6.07, 6.45) is 5.02. The van der Waals surface area contributed by atoms with E-state index in [1.54, 1.807) is 12.5 Å². The summed E-state index contributed by atoms with van der Waals surface area (Å²) >= 11 is 0. The van der Waals surface area contributed by atoms with Crippen molar-refractivity contribution in [3.05, 3.63) is 24.6 Å². The number of aromatic nitrogens is 1. The van der Waals surface area contributed by atoms with E-state index < -0.39 is 5.60 Å². The van der Waals surface area contributed by atoms with Gasteiger partial charge in [-0.3, -0.25) is 0 Å². The van der Waals surface area contributed by atoms with Crippen molar-refractivity contribution in [2.45, 2.75) is 25.4 Å². The first-order valence-corrected chi connectivity index (χ1v) is 5.95. The Labute approximate surface area is 99.9 Å². The van der Waals surface area contributed by atoms with Crippen LogP contribution in [-0.4, -0.2) is 28.8 Å². The van der Waals surface area contributed by atoms with E-state index in [4.69, 9.17) is 4.42 Å². The second kappa shape index (κ2) is 3.74. The van der Waals surface area contributed by atoms with Crippen LogP contribution >= 0.6 is 0 Å². The van der Waals surface area contributed by atoms with E-state index in [1.807, 2.05) is 19.1 Å². The van der Waals surface area contributed by atoms with Crippen LogP contribution in [0.1, 0.15) is 19.8 Å².